The summed E-state index contributed by atoms with van der Waals surface area (Å²) in [5.41, 5.74) is -1.54. The van der Waals surface area contributed by atoms with Gasteiger partial charge in [0.05, 0.1) is 35.6 Å². The zero-order valence-electron chi connectivity index (χ0n) is 25.2. The summed E-state index contributed by atoms with van der Waals surface area (Å²) in [7, 11) is 0. The molecule has 0 aromatic carbocycles. The van der Waals surface area contributed by atoms with Crippen molar-refractivity contribution in [2.45, 2.75) is 154 Å². The van der Waals surface area contributed by atoms with Gasteiger partial charge in [-0.15, -0.1) is 0 Å². The molecule has 4 aliphatic heterocycles. The molecule has 0 bridgehead atoms. The molecule has 0 amide bonds. The van der Waals surface area contributed by atoms with Crippen molar-refractivity contribution >= 4 is 5.78 Å². The normalized spacial score (nSPS) is 48.8. The summed E-state index contributed by atoms with van der Waals surface area (Å²) in [6.45, 7) is 15.5. The molecule has 3 N–H and O–H groups in total. The third-order valence-corrected chi connectivity index (χ3v) is 10.6. The lowest BCUT2D eigenvalue weighted by atomic mass is 9.74. The second kappa shape index (κ2) is 11.1. The first-order valence-electron chi connectivity index (χ1n) is 15.2. The quantitative estimate of drug-likeness (QED) is 0.401. The van der Waals surface area contributed by atoms with Gasteiger partial charge < -0.3 is 34.3 Å². The number of ether oxygens (including phenoxy) is 4. The van der Waals surface area contributed by atoms with Gasteiger partial charge in [-0.25, -0.2) is 0 Å². The molecular weight excluding hydrogens is 500 g/mol. The number of carbonyl (C=O) groups is 1. The van der Waals surface area contributed by atoms with Gasteiger partial charge in [-0.2, -0.15) is 0 Å². The summed E-state index contributed by atoms with van der Waals surface area (Å²) < 4.78 is 26.6. The minimum Gasteiger partial charge on any atom is -0.393 e. The maximum atomic E-state index is 13.4. The number of Topliss-reactive ketones (excluding diaryl/α,β-unsaturated/α-hetero) is 1. The van der Waals surface area contributed by atoms with Gasteiger partial charge in [0, 0.05) is 24.2 Å². The van der Waals surface area contributed by atoms with Crippen molar-refractivity contribution in [1.82, 2.24) is 0 Å². The van der Waals surface area contributed by atoms with Crippen LogP contribution in [-0.4, -0.2) is 74.4 Å². The van der Waals surface area contributed by atoms with Gasteiger partial charge in [-0.1, -0.05) is 34.6 Å². The summed E-state index contributed by atoms with van der Waals surface area (Å²) in [5.74, 6) is -3.22. The van der Waals surface area contributed by atoms with Crippen LogP contribution in [0.2, 0.25) is 0 Å². The molecule has 2 spiro atoms. The van der Waals surface area contributed by atoms with Crippen LogP contribution in [0, 0.1) is 23.7 Å². The second-order valence-corrected chi connectivity index (χ2v) is 13.3. The smallest absolute Gasteiger partial charge is 0.202 e. The van der Waals surface area contributed by atoms with E-state index in [9.17, 15) is 20.1 Å². The number of hydrogen-bond acceptors (Lipinski definition) is 8. The fourth-order valence-corrected chi connectivity index (χ4v) is 7.38. The summed E-state index contributed by atoms with van der Waals surface area (Å²) >= 11 is 0. The predicted molar refractivity (Wildman–Crippen MR) is 147 cm³/mol. The van der Waals surface area contributed by atoms with Crippen LogP contribution in [0.3, 0.4) is 0 Å². The molecular formula is C31H52O8. The monoisotopic (exact) mass is 552 g/mol. The molecule has 0 aliphatic carbocycles. The van der Waals surface area contributed by atoms with Crippen LogP contribution in [0.4, 0.5) is 0 Å². The van der Waals surface area contributed by atoms with Gasteiger partial charge in [-0.3, -0.25) is 4.79 Å². The minimum absolute atomic E-state index is 0.00360. The molecule has 39 heavy (non-hydrogen) atoms. The highest BCUT2D eigenvalue weighted by molar-refractivity contribution is 5.84. The van der Waals surface area contributed by atoms with E-state index in [0.29, 0.717) is 38.5 Å². The number of aliphatic hydroxyl groups excluding tert-OH is 2. The molecule has 0 aromatic heterocycles. The Labute approximate surface area is 234 Å². The first-order chi connectivity index (χ1) is 18.2. The first-order valence-corrected chi connectivity index (χ1v) is 15.2. The van der Waals surface area contributed by atoms with Gasteiger partial charge >= 0.3 is 0 Å². The van der Waals surface area contributed by atoms with Crippen molar-refractivity contribution in [1.29, 1.82) is 0 Å². The van der Waals surface area contributed by atoms with Crippen molar-refractivity contribution in [3.05, 3.63) is 12.2 Å². The Balaban J connectivity index is 1.57. The molecule has 3 fully saturated rings. The van der Waals surface area contributed by atoms with Gasteiger partial charge in [0.15, 0.2) is 5.79 Å². The molecule has 0 radical (unpaired) electrons. The minimum atomic E-state index is -1.30. The topological polar surface area (TPSA) is 115 Å². The maximum Gasteiger partial charge on any atom is 0.202 e. The van der Waals surface area contributed by atoms with Crippen molar-refractivity contribution in [2.75, 3.05) is 0 Å². The Morgan fingerprint density at radius 3 is 2.38 bits per heavy atom. The van der Waals surface area contributed by atoms with E-state index in [1.165, 1.54) is 0 Å². The Morgan fingerprint density at radius 1 is 1.10 bits per heavy atom. The fraction of sp³-hybridized carbons (Fsp3) is 0.903. The van der Waals surface area contributed by atoms with Crippen molar-refractivity contribution in [2.24, 2.45) is 23.7 Å². The van der Waals surface area contributed by atoms with E-state index in [1.807, 2.05) is 27.7 Å². The summed E-state index contributed by atoms with van der Waals surface area (Å²) in [6.07, 6.45) is 5.27. The Hall–Kier alpha value is -0.870. The highest BCUT2D eigenvalue weighted by atomic mass is 16.8. The van der Waals surface area contributed by atoms with Gasteiger partial charge in [0.2, 0.25) is 5.79 Å². The highest BCUT2D eigenvalue weighted by Gasteiger charge is 2.63. The zero-order valence-corrected chi connectivity index (χ0v) is 25.2. The predicted octanol–water partition coefficient (Wildman–Crippen LogP) is 4.28. The molecule has 4 rings (SSSR count). The van der Waals surface area contributed by atoms with E-state index >= 15 is 0 Å². The number of hydrogen-bond donors (Lipinski definition) is 3. The van der Waals surface area contributed by atoms with E-state index in [-0.39, 0.29) is 41.8 Å². The van der Waals surface area contributed by atoms with E-state index in [2.05, 4.69) is 13.8 Å². The van der Waals surface area contributed by atoms with Crippen LogP contribution < -0.4 is 0 Å². The molecule has 4 aliphatic rings. The summed E-state index contributed by atoms with van der Waals surface area (Å²) in [4.78, 5) is 13.4. The molecule has 0 unspecified atom stereocenters. The average molecular weight is 553 g/mol. The van der Waals surface area contributed by atoms with Crippen LogP contribution in [-0.2, 0) is 23.7 Å². The van der Waals surface area contributed by atoms with E-state index in [4.69, 9.17) is 18.9 Å². The second-order valence-electron chi connectivity index (χ2n) is 13.3. The fourth-order valence-electron chi connectivity index (χ4n) is 7.38. The Kier molecular flexibility index (Phi) is 8.83. The molecule has 13 atom stereocenters. The number of carbonyl (C=O) groups excluding carboxylic acids is 1. The Morgan fingerprint density at radius 2 is 1.79 bits per heavy atom. The number of ketones is 1. The van der Waals surface area contributed by atoms with E-state index in [0.717, 1.165) is 6.42 Å². The largest absolute Gasteiger partial charge is 0.393 e. The van der Waals surface area contributed by atoms with Crippen molar-refractivity contribution in [3.63, 3.8) is 0 Å². The van der Waals surface area contributed by atoms with Gasteiger partial charge in [-0.05, 0) is 77.4 Å². The van der Waals surface area contributed by atoms with E-state index in [1.54, 1.807) is 26.0 Å². The number of rotatable bonds is 7. The van der Waals surface area contributed by atoms with Crippen molar-refractivity contribution in [3.8, 4) is 0 Å². The third kappa shape index (κ3) is 5.40. The molecule has 8 nitrogen and oxygen atoms in total. The molecule has 224 valence electrons. The van der Waals surface area contributed by atoms with E-state index < -0.39 is 40.9 Å². The lowest BCUT2D eigenvalue weighted by Crippen LogP contribution is -2.63. The number of aliphatic hydroxyl groups is 3. The molecule has 0 saturated carbocycles. The standard InChI is InChI=1S/C31H52O8/c1-9-23(26(34)20(5)21(6)32)27-18(3)17-19(4)30(37-27)14-11-24(33)31(39-30)16-15-28(8,38-31)25-12-13-29(35,10-2)22(7)36-25/h11,14,18-25,27,32-33,35H,9-10,12-13,15-17H2,1-8H3/t18-,19+,20-,21-,22-,23-,24+,25+,27-,28-,29+,30-,31-/m0/s1. The maximum absolute atomic E-state index is 13.4. The molecule has 0 aromatic rings. The first kappa shape index (κ1) is 31.1. The van der Waals surface area contributed by atoms with Crippen LogP contribution in [0.15, 0.2) is 12.2 Å². The van der Waals surface area contributed by atoms with Crippen LogP contribution in [0.5, 0.6) is 0 Å². The third-order valence-electron chi connectivity index (χ3n) is 10.6. The zero-order chi connectivity index (χ0) is 29.0. The van der Waals surface area contributed by atoms with Crippen molar-refractivity contribution < 1.29 is 39.1 Å². The van der Waals surface area contributed by atoms with Gasteiger partial charge in [0.25, 0.3) is 0 Å². The molecule has 3 saturated heterocycles. The average Bonchev–Trinajstić information content (AvgIpc) is 3.24. The molecule has 4 heterocycles. The summed E-state index contributed by atoms with van der Waals surface area (Å²) in [6, 6.07) is 0. The lowest BCUT2D eigenvalue weighted by molar-refractivity contribution is -0.409. The van der Waals surface area contributed by atoms with Gasteiger partial charge in [0.1, 0.15) is 11.9 Å². The van der Waals surface area contributed by atoms with Crippen LogP contribution in [0.25, 0.3) is 0 Å². The molecule has 8 heteroatoms. The Bertz CT molecular complexity index is 922. The summed E-state index contributed by atoms with van der Waals surface area (Å²) in [5, 5.41) is 32.2. The van der Waals surface area contributed by atoms with Crippen LogP contribution in [0.1, 0.15) is 100 Å². The lowest BCUT2D eigenvalue weighted by Gasteiger charge is -2.54. The van der Waals surface area contributed by atoms with Crippen LogP contribution >= 0.6 is 0 Å². The SMILES string of the molecule is CC[C@@H](C(=O)[C@@H](C)[C@H](C)O)[C@H]1O[C@]2(C=C[C@@H](O)[C@]3(CC[C@@](C)([C@H]4CC[C@](O)(CC)[C@H](C)O4)O3)O2)[C@H](C)C[C@@H]1C. The highest BCUT2D eigenvalue weighted by Crippen LogP contribution is 2.53.